The molecule has 1 aromatic heterocycles. The van der Waals surface area contributed by atoms with Crippen LogP contribution in [0.15, 0.2) is 51.4 Å². The molecule has 2 aromatic carbocycles. The van der Waals surface area contributed by atoms with Gasteiger partial charge in [-0.25, -0.2) is 9.97 Å². The van der Waals surface area contributed by atoms with Crippen LogP contribution in [0.2, 0.25) is 0 Å². The molecule has 1 heterocycles. The number of aromatic nitrogens is 2. The summed E-state index contributed by atoms with van der Waals surface area (Å²) < 4.78 is 1.89. The Balaban J connectivity index is 2.21. The molecule has 0 spiro atoms. The van der Waals surface area contributed by atoms with E-state index in [0.717, 1.165) is 20.0 Å². The van der Waals surface area contributed by atoms with Gasteiger partial charge < -0.3 is 5.11 Å². The van der Waals surface area contributed by atoms with Gasteiger partial charge in [0.25, 0.3) is 0 Å². The van der Waals surface area contributed by atoms with Crippen LogP contribution in [-0.4, -0.2) is 15.1 Å². The highest BCUT2D eigenvalue weighted by Gasteiger charge is 2.10. The van der Waals surface area contributed by atoms with Gasteiger partial charge in [-0.3, -0.25) is 0 Å². The minimum Gasteiger partial charge on any atom is -0.492 e. The van der Waals surface area contributed by atoms with Crippen molar-refractivity contribution in [1.82, 2.24) is 9.97 Å². The van der Waals surface area contributed by atoms with Gasteiger partial charge in [-0.05, 0) is 30.3 Å². The first-order valence-electron chi connectivity index (χ1n) is 5.56. The van der Waals surface area contributed by atoms with Gasteiger partial charge in [0.2, 0.25) is 5.88 Å². The van der Waals surface area contributed by atoms with E-state index in [-0.39, 0.29) is 5.88 Å². The molecule has 19 heavy (non-hydrogen) atoms. The Labute approximate surface area is 126 Å². The summed E-state index contributed by atoms with van der Waals surface area (Å²) in [6.07, 6.45) is 0. The van der Waals surface area contributed by atoms with Crippen LogP contribution in [0.25, 0.3) is 22.3 Å². The molecule has 0 atom stereocenters. The van der Waals surface area contributed by atoms with E-state index in [1.807, 2.05) is 42.5 Å². The topological polar surface area (TPSA) is 46.0 Å². The molecule has 3 rings (SSSR count). The molecule has 0 saturated carbocycles. The maximum absolute atomic E-state index is 10.0. The van der Waals surface area contributed by atoms with Crippen molar-refractivity contribution in [3.8, 4) is 17.1 Å². The third kappa shape index (κ3) is 2.48. The second-order valence-corrected chi connectivity index (χ2v) is 5.87. The Morgan fingerprint density at radius 2 is 1.47 bits per heavy atom. The van der Waals surface area contributed by atoms with Crippen LogP contribution >= 0.6 is 31.9 Å². The molecule has 0 bridgehead atoms. The average molecular weight is 380 g/mol. The Morgan fingerprint density at radius 3 is 2.21 bits per heavy atom. The predicted octanol–water partition coefficient (Wildman–Crippen LogP) is 4.53. The van der Waals surface area contributed by atoms with Crippen LogP contribution in [0.5, 0.6) is 5.88 Å². The van der Waals surface area contributed by atoms with E-state index < -0.39 is 0 Å². The van der Waals surface area contributed by atoms with Crippen LogP contribution in [0.4, 0.5) is 0 Å². The normalized spacial score (nSPS) is 10.8. The van der Waals surface area contributed by atoms with E-state index >= 15 is 0 Å². The van der Waals surface area contributed by atoms with Crippen LogP contribution in [0.3, 0.4) is 0 Å². The van der Waals surface area contributed by atoms with Crippen molar-refractivity contribution in [1.29, 1.82) is 0 Å². The van der Waals surface area contributed by atoms with Gasteiger partial charge in [-0.2, -0.15) is 0 Å². The van der Waals surface area contributed by atoms with E-state index in [4.69, 9.17) is 0 Å². The molecule has 0 aliphatic rings. The smallest absolute Gasteiger partial charge is 0.238 e. The quantitative estimate of drug-likeness (QED) is 0.675. The molecule has 0 aliphatic heterocycles. The molecule has 0 radical (unpaired) electrons. The monoisotopic (exact) mass is 378 g/mol. The zero-order chi connectivity index (χ0) is 13.4. The number of fused-ring (bicyclic) bond motifs is 1. The van der Waals surface area contributed by atoms with E-state index in [1.54, 1.807) is 0 Å². The largest absolute Gasteiger partial charge is 0.492 e. The van der Waals surface area contributed by atoms with E-state index in [9.17, 15) is 5.11 Å². The highest BCUT2D eigenvalue weighted by atomic mass is 79.9. The lowest BCUT2D eigenvalue weighted by Gasteiger charge is -2.06. The molecule has 0 fully saturated rings. The van der Waals surface area contributed by atoms with Gasteiger partial charge in [-0.15, -0.1) is 0 Å². The van der Waals surface area contributed by atoms with Crippen LogP contribution in [0, 0.1) is 0 Å². The first-order valence-corrected chi connectivity index (χ1v) is 7.14. The fourth-order valence-corrected chi connectivity index (χ4v) is 2.43. The fraction of sp³-hybridized carbons (Fsp3) is 0. The summed E-state index contributed by atoms with van der Waals surface area (Å²) in [5.41, 5.74) is 2.73. The molecule has 1 N–H and O–H groups in total. The van der Waals surface area contributed by atoms with Crippen molar-refractivity contribution in [2.24, 2.45) is 0 Å². The Kier molecular flexibility index (Phi) is 3.24. The second-order valence-electron chi connectivity index (χ2n) is 4.04. The molecule has 0 unspecified atom stereocenters. The second kappa shape index (κ2) is 4.90. The molecule has 0 aliphatic carbocycles. The van der Waals surface area contributed by atoms with E-state index in [2.05, 4.69) is 41.8 Å². The summed E-state index contributed by atoms with van der Waals surface area (Å²) in [5.74, 6) is -0.0621. The van der Waals surface area contributed by atoms with Gasteiger partial charge in [-0.1, -0.05) is 44.0 Å². The highest BCUT2D eigenvalue weighted by Crippen LogP contribution is 2.29. The zero-order valence-electron chi connectivity index (χ0n) is 9.64. The third-order valence-corrected chi connectivity index (χ3v) is 3.75. The van der Waals surface area contributed by atoms with Crippen molar-refractivity contribution in [2.75, 3.05) is 0 Å². The first-order chi connectivity index (χ1) is 9.13. The molecular formula is C14H8Br2N2O. The highest BCUT2D eigenvalue weighted by molar-refractivity contribution is 9.10. The molecule has 5 heteroatoms. The molecule has 0 saturated heterocycles. The maximum Gasteiger partial charge on any atom is 0.238 e. The van der Waals surface area contributed by atoms with Crippen LogP contribution in [0.1, 0.15) is 0 Å². The minimum absolute atomic E-state index is 0.0621. The molecular weight excluding hydrogens is 372 g/mol. The molecule has 3 aromatic rings. The van der Waals surface area contributed by atoms with Gasteiger partial charge in [0.1, 0.15) is 5.69 Å². The first kappa shape index (κ1) is 12.6. The number of hydrogen-bond acceptors (Lipinski definition) is 3. The van der Waals surface area contributed by atoms with Crippen molar-refractivity contribution < 1.29 is 5.11 Å². The lowest BCUT2D eigenvalue weighted by atomic mass is 10.1. The summed E-state index contributed by atoms with van der Waals surface area (Å²) in [6.45, 7) is 0. The number of aromatic hydroxyl groups is 1. The number of rotatable bonds is 1. The van der Waals surface area contributed by atoms with Crippen molar-refractivity contribution in [2.45, 2.75) is 0 Å². The predicted molar refractivity (Wildman–Crippen MR) is 82.0 cm³/mol. The summed E-state index contributed by atoms with van der Waals surface area (Å²) in [4.78, 5) is 8.65. The summed E-state index contributed by atoms with van der Waals surface area (Å²) in [7, 11) is 0. The molecule has 3 nitrogen and oxygen atoms in total. The lowest BCUT2D eigenvalue weighted by molar-refractivity contribution is 0.456. The van der Waals surface area contributed by atoms with Gasteiger partial charge in [0.15, 0.2) is 0 Å². The SMILES string of the molecule is Oc1nc2cc(Br)ccc2nc1-c1ccc(Br)cc1. The van der Waals surface area contributed by atoms with Gasteiger partial charge in [0.05, 0.1) is 11.0 Å². The summed E-state index contributed by atoms with van der Waals surface area (Å²) in [6, 6.07) is 13.2. The summed E-state index contributed by atoms with van der Waals surface area (Å²) in [5, 5.41) is 10.0. The molecule has 94 valence electrons. The minimum atomic E-state index is -0.0621. The van der Waals surface area contributed by atoms with Crippen molar-refractivity contribution in [3.63, 3.8) is 0 Å². The lowest BCUT2D eigenvalue weighted by Crippen LogP contribution is -1.90. The van der Waals surface area contributed by atoms with E-state index in [1.165, 1.54) is 0 Å². The average Bonchev–Trinajstić information content (AvgIpc) is 2.39. The van der Waals surface area contributed by atoms with Crippen molar-refractivity contribution >= 4 is 42.9 Å². The molecule has 0 amide bonds. The number of benzene rings is 2. The number of nitrogens with zero attached hydrogens (tertiary/aromatic N) is 2. The standard InChI is InChI=1S/C14H8Br2N2O/c15-9-3-1-8(2-4-9)13-14(19)18-12-7-10(16)5-6-11(12)17-13/h1-7H,(H,18,19). The number of halogens is 2. The zero-order valence-corrected chi connectivity index (χ0v) is 12.8. The number of hydrogen-bond donors (Lipinski definition) is 1. The Morgan fingerprint density at radius 1 is 0.789 bits per heavy atom. The third-order valence-electron chi connectivity index (χ3n) is 2.73. The fourth-order valence-electron chi connectivity index (χ4n) is 1.82. The maximum atomic E-state index is 10.0. The Hall–Kier alpha value is -1.46. The van der Waals surface area contributed by atoms with Crippen LogP contribution < -0.4 is 0 Å². The Bertz CT molecular complexity index is 757. The van der Waals surface area contributed by atoms with Crippen molar-refractivity contribution in [3.05, 3.63) is 51.4 Å². The van der Waals surface area contributed by atoms with Crippen LogP contribution in [-0.2, 0) is 0 Å². The van der Waals surface area contributed by atoms with E-state index in [0.29, 0.717) is 11.2 Å². The van der Waals surface area contributed by atoms with Gasteiger partial charge >= 0.3 is 0 Å². The summed E-state index contributed by atoms with van der Waals surface area (Å²) >= 11 is 6.75. The van der Waals surface area contributed by atoms with Gasteiger partial charge in [0, 0.05) is 14.5 Å².